The molecule has 0 atom stereocenters. The Hall–Kier alpha value is -1.14. The van der Waals surface area contributed by atoms with Crippen LogP contribution < -0.4 is 11.1 Å². The van der Waals surface area contributed by atoms with Crippen LogP contribution in [-0.4, -0.2) is 9.97 Å². The van der Waals surface area contributed by atoms with Crippen LogP contribution in [-0.2, 0) is 0 Å². The average Bonchev–Trinajstić information content (AvgIpc) is 2.28. The Labute approximate surface area is 110 Å². The molecule has 0 aliphatic rings. The lowest BCUT2D eigenvalue weighted by molar-refractivity contribution is 1.16. The lowest BCUT2D eigenvalue weighted by Crippen LogP contribution is -1.99. The van der Waals surface area contributed by atoms with Crippen LogP contribution in [0.15, 0.2) is 39.5 Å². The summed E-state index contributed by atoms with van der Waals surface area (Å²) in [6.07, 6.45) is 1.42. The van der Waals surface area contributed by atoms with E-state index in [9.17, 15) is 0 Å². The highest BCUT2D eigenvalue weighted by molar-refractivity contribution is 9.11. The third-order valence-corrected chi connectivity index (χ3v) is 3.23. The zero-order valence-electron chi connectivity index (χ0n) is 8.11. The summed E-state index contributed by atoms with van der Waals surface area (Å²) < 4.78 is 1.69. The summed E-state index contributed by atoms with van der Waals surface area (Å²) >= 11 is 6.70. The number of nitrogens with zero attached hydrogens (tertiary/aromatic N) is 2. The van der Waals surface area contributed by atoms with Gasteiger partial charge in [-0.2, -0.15) is 0 Å². The zero-order valence-corrected chi connectivity index (χ0v) is 11.3. The topological polar surface area (TPSA) is 63.8 Å². The second kappa shape index (κ2) is 4.80. The second-order valence-electron chi connectivity index (χ2n) is 3.05. The van der Waals surface area contributed by atoms with Crippen LogP contribution in [0.2, 0.25) is 0 Å². The smallest absolute Gasteiger partial charge is 0.150 e. The third kappa shape index (κ3) is 2.51. The summed E-state index contributed by atoms with van der Waals surface area (Å²) in [7, 11) is 0. The van der Waals surface area contributed by atoms with Crippen LogP contribution in [0.1, 0.15) is 0 Å². The molecule has 4 nitrogen and oxygen atoms in total. The maximum Gasteiger partial charge on any atom is 0.150 e. The van der Waals surface area contributed by atoms with Gasteiger partial charge in [0.2, 0.25) is 0 Å². The van der Waals surface area contributed by atoms with Crippen LogP contribution in [0.25, 0.3) is 0 Å². The van der Waals surface area contributed by atoms with Crippen LogP contribution in [0, 0.1) is 0 Å². The molecule has 1 heterocycles. The number of nitrogens with one attached hydrogen (secondary N) is 1. The van der Waals surface area contributed by atoms with Gasteiger partial charge < -0.3 is 11.1 Å². The van der Waals surface area contributed by atoms with Crippen molar-refractivity contribution in [3.63, 3.8) is 0 Å². The first kappa shape index (κ1) is 11.3. The molecule has 0 amide bonds. The highest BCUT2D eigenvalue weighted by atomic mass is 79.9. The lowest BCUT2D eigenvalue weighted by atomic mass is 10.3. The van der Waals surface area contributed by atoms with E-state index in [4.69, 9.17) is 5.73 Å². The number of hydrogen-bond donors (Lipinski definition) is 2. The van der Waals surface area contributed by atoms with Crippen molar-refractivity contribution in [3.8, 4) is 0 Å². The Morgan fingerprint density at radius 2 is 1.75 bits per heavy atom. The van der Waals surface area contributed by atoms with Crippen molar-refractivity contribution in [1.82, 2.24) is 9.97 Å². The van der Waals surface area contributed by atoms with Crippen molar-refractivity contribution in [2.45, 2.75) is 0 Å². The number of halogens is 2. The maximum atomic E-state index is 5.65. The van der Waals surface area contributed by atoms with Crippen LogP contribution >= 0.6 is 31.9 Å². The van der Waals surface area contributed by atoms with Gasteiger partial charge in [-0.05, 0) is 40.2 Å². The van der Waals surface area contributed by atoms with Crippen molar-refractivity contribution < 1.29 is 0 Å². The van der Waals surface area contributed by atoms with E-state index in [1.165, 1.54) is 6.33 Å². The summed E-state index contributed by atoms with van der Waals surface area (Å²) in [6.45, 7) is 0. The first-order chi connectivity index (χ1) is 7.66. The van der Waals surface area contributed by atoms with Crippen molar-refractivity contribution in [2.24, 2.45) is 0 Å². The van der Waals surface area contributed by atoms with Gasteiger partial charge in [0.25, 0.3) is 0 Å². The van der Waals surface area contributed by atoms with E-state index in [0.29, 0.717) is 16.1 Å². The fraction of sp³-hybridized carbons (Fsp3) is 0. The Balaban J connectivity index is 2.27. The molecule has 3 N–H and O–H groups in total. The molecule has 0 fully saturated rings. The van der Waals surface area contributed by atoms with Gasteiger partial charge >= 0.3 is 0 Å². The van der Waals surface area contributed by atoms with Crippen molar-refractivity contribution in [3.05, 3.63) is 39.5 Å². The van der Waals surface area contributed by atoms with Gasteiger partial charge in [0.05, 0.1) is 0 Å². The standard InChI is InChI=1S/C10H8Br2N4/c11-6-1-3-7(4-2-6)16-10-8(12)9(13)14-5-15-10/h1-5H,(H3,13,14,15,16). The van der Waals surface area contributed by atoms with E-state index < -0.39 is 0 Å². The molecule has 0 aliphatic heterocycles. The zero-order chi connectivity index (χ0) is 11.5. The minimum absolute atomic E-state index is 0.412. The molecule has 82 valence electrons. The molecule has 0 unspecified atom stereocenters. The third-order valence-electron chi connectivity index (χ3n) is 1.92. The van der Waals surface area contributed by atoms with E-state index >= 15 is 0 Å². The average molecular weight is 344 g/mol. The number of nitrogens with two attached hydrogens (primary N) is 1. The fourth-order valence-corrected chi connectivity index (χ4v) is 1.71. The molecule has 16 heavy (non-hydrogen) atoms. The van der Waals surface area contributed by atoms with E-state index in [1.807, 2.05) is 24.3 Å². The number of hydrogen-bond acceptors (Lipinski definition) is 4. The molecule has 0 saturated carbocycles. The normalized spacial score (nSPS) is 10.1. The van der Waals surface area contributed by atoms with Crippen molar-refractivity contribution in [1.29, 1.82) is 0 Å². The highest BCUT2D eigenvalue weighted by Crippen LogP contribution is 2.27. The molecule has 0 spiro atoms. The van der Waals surface area contributed by atoms with Crippen molar-refractivity contribution in [2.75, 3.05) is 11.1 Å². The quantitative estimate of drug-likeness (QED) is 0.877. The van der Waals surface area contributed by atoms with Gasteiger partial charge in [0.1, 0.15) is 22.4 Å². The van der Waals surface area contributed by atoms with E-state index in [-0.39, 0.29) is 0 Å². The number of benzene rings is 1. The molecular weight excluding hydrogens is 336 g/mol. The van der Waals surface area contributed by atoms with E-state index in [1.54, 1.807) is 0 Å². The van der Waals surface area contributed by atoms with Crippen molar-refractivity contribution >= 4 is 49.2 Å². The minimum atomic E-state index is 0.412. The van der Waals surface area contributed by atoms with E-state index in [2.05, 4.69) is 47.1 Å². The lowest BCUT2D eigenvalue weighted by Gasteiger charge is -2.08. The van der Waals surface area contributed by atoms with Crippen LogP contribution in [0.4, 0.5) is 17.3 Å². The number of anilines is 3. The molecule has 1 aromatic heterocycles. The Morgan fingerprint density at radius 3 is 2.44 bits per heavy atom. The molecule has 0 radical (unpaired) electrons. The van der Waals surface area contributed by atoms with E-state index in [0.717, 1.165) is 10.2 Å². The molecule has 1 aromatic carbocycles. The summed E-state index contributed by atoms with van der Waals surface area (Å²) in [5, 5.41) is 3.14. The van der Waals surface area contributed by atoms with Gasteiger partial charge in [-0.25, -0.2) is 9.97 Å². The monoisotopic (exact) mass is 342 g/mol. The number of nitrogen functional groups attached to an aromatic ring is 1. The molecule has 0 aliphatic carbocycles. The van der Waals surface area contributed by atoms with Crippen LogP contribution in [0.5, 0.6) is 0 Å². The van der Waals surface area contributed by atoms with Gasteiger partial charge in [-0.3, -0.25) is 0 Å². The predicted octanol–water partition coefficient (Wildman–Crippen LogP) is 3.33. The highest BCUT2D eigenvalue weighted by Gasteiger charge is 2.05. The molecule has 0 bridgehead atoms. The fourth-order valence-electron chi connectivity index (χ4n) is 1.14. The molecule has 2 rings (SSSR count). The Morgan fingerprint density at radius 1 is 1.06 bits per heavy atom. The Kier molecular flexibility index (Phi) is 3.40. The molecule has 6 heteroatoms. The van der Waals surface area contributed by atoms with Gasteiger partial charge in [-0.15, -0.1) is 0 Å². The Bertz CT molecular complexity index is 499. The van der Waals surface area contributed by atoms with Gasteiger partial charge in [-0.1, -0.05) is 15.9 Å². The minimum Gasteiger partial charge on any atom is -0.383 e. The summed E-state index contributed by atoms with van der Waals surface area (Å²) in [5.74, 6) is 1.06. The van der Waals surface area contributed by atoms with Gasteiger partial charge in [0.15, 0.2) is 0 Å². The molecule has 2 aromatic rings. The summed E-state index contributed by atoms with van der Waals surface area (Å²) in [4.78, 5) is 7.96. The summed E-state index contributed by atoms with van der Waals surface area (Å²) in [6, 6.07) is 7.77. The SMILES string of the molecule is Nc1ncnc(Nc2ccc(Br)cc2)c1Br. The number of aromatic nitrogens is 2. The first-order valence-electron chi connectivity index (χ1n) is 4.45. The molecule has 0 saturated heterocycles. The summed E-state index contributed by atoms with van der Waals surface area (Å²) in [5.41, 5.74) is 6.59. The number of rotatable bonds is 2. The maximum absolute atomic E-state index is 5.65. The molecular formula is C10H8Br2N4. The van der Waals surface area contributed by atoms with Crippen LogP contribution in [0.3, 0.4) is 0 Å². The first-order valence-corrected chi connectivity index (χ1v) is 6.04. The predicted molar refractivity (Wildman–Crippen MR) is 71.6 cm³/mol. The van der Waals surface area contributed by atoms with Gasteiger partial charge in [0, 0.05) is 10.2 Å². The largest absolute Gasteiger partial charge is 0.383 e. The second-order valence-corrected chi connectivity index (χ2v) is 4.76.